The number of Topliss-reactive ketones (excluding diaryl/α,β-unsaturated/α-hetero) is 1. The second-order valence-corrected chi connectivity index (χ2v) is 22.6. The van der Waals surface area contributed by atoms with Crippen LogP contribution >= 0.6 is 0 Å². The van der Waals surface area contributed by atoms with Gasteiger partial charge in [-0.25, -0.2) is 9.59 Å². The summed E-state index contributed by atoms with van der Waals surface area (Å²) in [6.07, 6.45) is 8.57. The zero-order valence-electron chi connectivity index (χ0n) is 42.3. The SMILES string of the molecule is CC(C)C(=O)C(CCCN=C(CC(=O)OC(C)(C)C)NC(=O)OC(C)(C)C)NC(=O)OC(C)(C)C.CC(C)C(c1ccccc1)c1ccccc1.CC(C)C12CC3CC(CC(C3)C1)C2. The average Bonchev–Trinajstić information content (AvgIpc) is 3.14. The third kappa shape index (κ3) is 19.1. The molecule has 0 aromatic heterocycles. The van der Waals surface area contributed by atoms with Crippen LogP contribution in [0.3, 0.4) is 0 Å². The van der Waals surface area contributed by atoms with Crippen molar-refractivity contribution in [2.45, 2.75) is 190 Å². The molecule has 4 saturated carbocycles. The number of carbonyl (C=O) groups is 4. The summed E-state index contributed by atoms with van der Waals surface area (Å²) in [6, 6.07) is 20.8. The molecule has 4 aliphatic rings. The summed E-state index contributed by atoms with van der Waals surface area (Å²) >= 11 is 0. The highest BCUT2D eigenvalue weighted by Crippen LogP contribution is 2.62. The van der Waals surface area contributed by atoms with Crippen molar-refractivity contribution in [3.05, 3.63) is 71.8 Å². The Hall–Kier alpha value is -4.21. The van der Waals surface area contributed by atoms with E-state index in [0.717, 1.165) is 29.1 Å². The Bertz CT molecular complexity index is 1690. The lowest BCUT2D eigenvalue weighted by Crippen LogP contribution is -2.48. The smallest absolute Gasteiger partial charge is 0.413 e. The van der Waals surface area contributed by atoms with Crippen molar-refractivity contribution in [3.63, 3.8) is 0 Å². The van der Waals surface area contributed by atoms with E-state index in [2.05, 4.69) is 104 Å². The van der Waals surface area contributed by atoms with E-state index in [4.69, 9.17) is 14.2 Å². The Labute approximate surface area is 387 Å². The van der Waals surface area contributed by atoms with Gasteiger partial charge in [-0.3, -0.25) is 19.9 Å². The van der Waals surface area contributed by atoms with Crippen molar-refractivity contribution in [2.75, 3.05) is 6.54 Å². The van der Waals surface area contributed by atoms with Crippen molar-refractivity contribution in [3.8, 4) is 0 Å². The van der Waals surface area contributed by atoms with E-state index in [1.807, 2.05) is 0 Å². The maximum Gasteiger partial charge on any atom is 0.413 e. The van der Waals surface area contributed by atoms with Crippen LogP contribution in [-0.2, 0) is 23.8 Å². The van der Waals surface area contributed by atoms with Crippen LogP contribution in [-0.4, -0.2) is 59.2 Å². The summed E-state index contributed by atoms with van der Waals surface area (Å²) in [5.41, 5.74) is 1.51. The summed E-state index contributed by atoms with van der Waals surface area (Å²) in [7, 11) is 0. The molecule has 0 heterocycles. The molecule has 1 atom stereocenters. The predicted molar refractivity (Wildman–Crippen MR) is 259 cm³/mol. The Morgan fingerprint density at radius 2 is 1.09 bits per heavy atom. The standard InChI is InChI=1S/C25H45N3O7.C16H18.C13H22/c1-16(2)20(30)17(27-21(31)34-24(6,7)8)13-12-14-26-18(15-19(29)33-23(3,4)5)28-22(32)35-25(9,10)11;1-13(2)16(14-9-5-3-6-10-14)15-11-7-4-8-12-15;1-9(2)13-6-10-3-11(7-13)5-12(4-10)8-13/h16-17H,12-15H2,1-11H3,(H,27,31)(H,26,28,32);3-13,16H,1-2H3;9-12H,3-8H2,1-2H3. The van der Waals surface area contributed by atoms with Crippen LogP contribution in [0.15, 0.2) is 65.7 Å². The molecule has 4 aliphatic carbocycles. The van der Waals surface area contributed by atoms with E-state index in [-0.39, 0.29) is 30.5 Å². The number of aliphatic imine (C=N–C) groups is 1. The van der Waals surface area contributed by atoms with Gasteiger partial charge in [-0.15, -0.1) is 0 Å². The Morgan fingerprint density at radius 3 is 1.48 bits per heavy atom. The van der Waals surface area contributed by atoms with Crippen LogP contribution in [0.25, 0.3) is 0 Å². The molecule has 2 amide bonds. The lowest BCUT2D eigenvalue weighted by molar-refractivity contribution is -0.153. The Morgan fingerprint density at radius 1 is 0.656 bits per heavy atom. The Balaban J connectivity index is 0.000000300. The lowest BCUT2D eigenvalue weighted by atomic mass is 9.47. The van der Waals surface area contributed by atoms with Gasteiger partial charge in [0, 0.05) is 18.4 Å². The van der Waals surface area contributed by atoms with Crippen molar-refractivity contribution in [1.82, 2.24) is 10.6 Å². The first-order valence-corrected chi connectivity index (χ1v) is 24.0. The molecule has 4 bridgehead atoms. The number of amidine groups is 1. The molecule has 2 aromatic carbocycles. The number of carbonyl (C=O) groups excluding carboxylic acids is 4. The van der Waals surface area contributed by atoms with Gasteiger partial charge in [-0.1, -0.05) is 102 Å². The highest BCUT2D eigenvalue weighted by atomic mass is 16.6. The van der Waals surface area contributed by atoms with Gasteiger partial charge in [-0.05, 0) is 160 Å². The summed E-state index contributed by atoms with van der Waals surface area (Å²) in [4.78, 5) is 53.6. The molecule has 358 valence electrons. The number of hydrogen-bond acceptors (Lipinski definition) is 8. The van der Waals surface area contributed by atoms with E-state index in [1.54, 1.807) is 115 Å². The highest BCUT2D eigenvalue weighted by Gasteiger charge is 2.51. The van der Waals surface area contributed by atoms with Gasteiger partial charge in [0.15, 0.2) is 5.78 Å². The van der Waals surface area contributed by atoms with Gasteiger partial charge in [-0.2, -0.15) is 0 Å². The summed E-state index contributed by atoms with van der Waals surface area (Å²) < 4.78 is 15.8. The first-order valence-electron chi connectivity index (χ1n) is 24.0. The fourth-order valence-corrected chi connectivity index (χ4v) is 9.89. The van der Waals surface area contributed by atoms with Gasteiger partial charge in [0.2, 0.25) is 0 Å². The molecule has 6 rings (SSSR count). The first-order chi connectivity index (χ1) is 29.6. The number of nitrogens with one attached hydrogen (secondary N) is 2. The molecular formula is C54H85N3O7. The van der Waals surface area contributed by atoms with Crippen LogP contribution in [0, 0.1) is 40.9 Å². The number of nitrogens with zero attached hydrogens (tertiary/aromatic N) is 1. The minimum atomic E-state index is -0.742. The minimum Gasteiger partial charge on any atom is -0.460 e. The van der Waals surface area contributed by atoms with E-state index in [0.29, 0.717) is 24.7 Å². The summed E-state index contributed by atoms with van der Waals surface area (Å²) in [6.45, 7) is 28.8. The molecular weight excluding hydrogens is 803 g/mol. The molecule has 10 heteroatoms. The van der Waals surface area contributed by atoms with Crippen molar-refractivity contribution < 1.29 is 33.4 Å². The number of ether oxygens (including phenoxy) is 3. The zero-order valence-corrected chi connectivity index (χ0v) is 42.3. The van der Waals surface area contributed by atoms with E-state index >= 15 is 0 Å². The maximum atomic E-state index is 12.6. The van der Waals surface area contributed by atoms with Crippen LogP contribution < -0.4 is 10.6 Å². The number of ketones is 1. The number of rotatable bonds is 13. The number of hydrogen-bond donors (Lipinski definition) is 2. The number of alkyl carbamates (subject to hydrolysis) is 2. The summed E-state index contributed by atoms with van der Waals surface area (Å²) in [5.74, 6) is 4.60. The van der Waals surface area contributed by atoms with Gasteiger partial charge in [0.05, 0.1) is 6.04 Å². The van der Waals surface area contributed by atoms with Crippen molar-refractivity contribution in [2.24, 2.45) is 45.9 Å². The van der Waals surface area contributed by atoms with Crippen LogP contribution in [0.2, 0.25) is 0 Å². The zero-order chi connectivity index (χ0) is 48.0. The first kappa shape index (κ1) is 54.1. The van der Waals surface area contributed by atoms with Crippen LogP contribution in [0.4, 0.5) is 9.59 Å². The van der Waals surface area contributed by atoms with Gasteiger partial charge < -0.3 is 19.5 Å². The van der Waals surface area contributed by atoms with E-state index in [1.165, 1.54) is 11.1 Å². The molecule has 0 spiro atoms. The average molecular weight is 888 g/mol. The minimum absolute atomic E-state index is 0.0975. The molecule has 64 heavy (non-hydrogen) atoms. The van der Waals surface area contributed by atoms with Crippen molar-refractivity contribution >= 4 is 29.8 Å². The lowest BCUT2D eigenvalue weighted by Gasteiger charge is -2.58. The fourth-order valence-electron chi connectivity index (χ4n) is 9.89. The molecule has 10 nitrogen and oxygen atoms in total. The Kier molecular flexibility index (Phi) is 20.1. The number of amides is 2. The van der Waals surface area contributed by atoms with Gasteiger partial charge in [0.25, 0.3) is 0 Å². The second kappa shape index (κ2) is 23.8. The molecule has 0 saturated heterocycles. The second-order valence-electron chi connectivity index (χ2n) is 22.6. The molecule has 4 fully saturated rings. The third-order valence-corrected chi connectivity index (χ3v) is 12.2. The molecule has 0 aliphatic heterocycles. The third-order valence-electron chi connectivity index (χ3n) is 12.2. The molecule has 1 unspecified atom stereocenters. The molecule has 2 N–H and O–H groups in total. The highest BCUT2D eigenvalue weighted by molar-refractivity contribution is 6.04. The molecule has 0 radical (unpaired) electrons. The van der Waals surface area contributed by atoms with Crippen molar-refractivity contribution in [1.29, 1.82) is 0 Å². The normalized spacial score (nSPS) is 21.0. The molecule has 2 aromatic rings. The fraction of sp³-hybridized carbons (Fsp3) is 0.685. The van der Waals surface area contributed by atoms with Crippen LogP contribution in [0.1, 0.15) is 179 Å². The van der Waals surface area contributed by atoms with Crippen LogP contribution in [0.5, 0.6) is 0 Å². The summed E-state index contributed by atoms with van der Waals surface area (Å²) in [5, 5.41) is 5.14. The van der Waals surface area contributed by atoms with E-state index in [9.17, 15) is 19.2 Å². The monoisotopic (exact) mass is 888 g/mol. The predicted octanol–water partition coefficient (Wildman–Crippen LogP) is 12.9. The quantitative estimate of drug-likeness (QED) is 0.0673. The van der Waals surface area contributed by atoms with Gasteiger partial charge >= 0.3 is 18.2 Å². The topological polar surface area (TPSA) is 132 Å². The largest absolute Gasteiger partial charge is 0.460 e. The number of benzene rings is 2. The van der Waals surface area contributed by atoms with E-state index < -0.39 is 41.0 Å². The van der Waals surface area contributed by atoms with Gasteiger partial charge in [0.1, 0.15) is 29.1 Å². The number of esters is 1. The maximum absolute atomic E-state index is 12.6.